The molecule has 0 radical (unpaired) electrons. The molecule has 31 heavy (non-hydrogen) atoms. The number of hydrogen-bond donors (Lipinski definition) is 2. The van der Waals surface area contributed by atoms with Crippen molar-refractivity contribution in [3.63, 3.8) is 0 Å². The number of aryl methyl sites for hydroxylation is 1. The Morgan fingerprint density at radius 3 is 2.68 bits per heavy atom. The van der Waals surface area contributed by atoms with Gasteiger partial charge in [0.25, 0.3) is 0 Å². The molecule has 2 fully saturated rings. The molecule has 2 aromatic rings. The summed E-state index contributed by atoms with van der Waals surface area (Å²) in [5.41, 5.74) is 7.33. The number of rotatable bonds is 5. The van der Waals surface area contributed by atoms with Gasteiger partial charge in [0.15, 0.2) is 5.65 Å². The standard InChI is InChI=1S/C24H36N6O/c1-4-30-23-20(16-26-30)22(27-18-8-12-29(13-9-18)17(2)3)19(15-25-23)21-14-24(31-28-21)10-6-5-7-11-24/h14-18,28H,4-13H2,1-3H3,(H,25,27). The Morgan fingerprint density at radius 2 is 1.97 bits per heavy atom. The molecule has 1 saturated heterocycles. The lowest BCUT2D eigenvalue weighted by atomic mass is 9.84. The number of nitrogens with zero attached hydrogens (tertiary/aromatic N) is 4. The highest BCUT2D eigenvalue weighted by Gasteiger charge is 2.37. The molecule has 1 saturated carbocycles. The zero-order chi connectivity index (χ0) is 21.4. The summed E-state index contributed by atoms with van der Waals surface area (Å²) < 4.78 is 1.97. The van der Waals surface area contributed by atoms with Gasteiger partial charge in [-0.1, -0.05) is 19.3 Å². The zero-order valence-corrected chi connectivity index (χ0v) is 19.2. The highest BCUT2D eigenvalue weighted by atomic mass is 16.7. The quantitative estimate of drug-likeness (QED) is 0.745. The monoisotopic (exact) mass is 424 g/mol. The van der Waals surface area contributed by atoms with Gasteiger partial charge in [0.2, 0.25) is 0 Å². The third-order valence-electron chi connectivity index (χ3n) is 7.34. The molecule has 1 spiro atoms. The minimum absolute atomic E-state index is 0.157. The maximum Gasteiger partial charge on any atom is 0.159 e. The number of nitrogens with one attached hydrogen (secondary N) is 2. The summed E-state index contributed by atoms with van der Waals surface area (Å²) in [5, 5.41) is 9.59. The predicted molar refractivity (Wildman–Crippen MR) is 125 cm³/mol. The topological polar surface area (TPSA) is 67.2 Å². The van der Waals surface area contributed by atoms with E-state index in [0.717, 1.165) is 73.3 Å². The van der Waals surface area contributed by atoms with Crippen molar-refractivity contribution in [2.45, 2.75) is 89.9 Å². The van der Waals surface area contributed by atoms with E-state index in [1.54, 1.807) is 0 Å². The number of pyridine rings is 1. The lowest BCUT2D eigenvalue weighted by molar-refractivity contribution is -0.0557. The van der Waals surface area contributed by atoms with Gasteiger partial charge in [0.05, 0.1) is 23.0 Å². The molecule has 0 bridgehead atoms. The maximum atomic E-state index is 6.15. The van der Waals surface area contributed by atoms with Crippen molar-refractivity contribution in [3.05, 3.63) is 24.0 Å². The minimum Gasteiger partial charge on any atom is -0.381 e. The van der Waals surface area contributed by atoms with Gasteiger partial charge in [-0.2, -0.15) is 5.10 Å². The van der Waals surface area contributed by atoms with E-state index in [0.29, 0.717) is 12.1 Å². The van der Waals surface area contributed by atoms with E-state index < -0.39 is 0 Å². The summed E-state index contributed by atoms with van der Waals surface area (Å²) in [7, 11) is 0. The molecule has 5 rings (SSSR count). The first-order valence-electron chi connectivity index (χ1n) is 12.1. The van der Waals surface area contributed by atoms with Gasteiger partial charge in [-0.15, -0.1) is 0 Å². The number of hydrogen-bond acceptors (Lipinski definition) is 6. The van der Waals surface area contributed by atoms with E-state index in [4.69, 9.17) is 9.82 Å². The Bertz CT molecular complexity index is 950. The number of likely N-dealkylation sites (tertiary alicyclic amines) is 1. The number of aromatic nitrogens is 3. The summed E-state index contributed by atoms with van der Waals surface area (Å²) in [6.45, 7) is 9.78. The van der Waals surface area contributed by atoms with Crippen molar-refractivity contribution in [3.8, 4) is 0 Å². The minimum atomic E-state index is -0.157. The number of fused-ring (bicyclic) bond motifs is 1. The van der Waals surface area contributed by atoms with E-state index >= 15 is 0 Å². The summed E-state index contributed by atoms with van der Waals surface area (Å²) in [5.74, 6) is 0. The highest BCUT2D eigenvalue weighted by Crippen LogP contribution is 2.40. The summed E-state index contributed by atoms with van der Waals surface area (Å²) in [6.07, 6.45) is 14.5. The first-order chi connectivity index (χ1) is 15.1. The molecule has 2 aromatic heterocycles. The van der Waals surface area contributed by atoms with Gasteiger partial charge in [0, 0.05) is 43.5 Å². The van der Waals surface area contributed by atoms with Crippen LogP contribution in [0.3, 0.4) is 0 Å². The van der Waals surface area contributed by atoms with Crippen LogP contribution in [0.2, 0.25) is 0 Å². The van der Waals surface area contributed by atoms with E-state index in [1.165, 1.54) is 19.3 Å². The van der Waals surface area contributed by atoms with Gasteiger partial charge < -0.3 is 10.2 Å². The fourth-order valence-electron chi connectivity index (χ4n) is 5.39. The molecule has 168 valence electrons. The smallest absolute Gasteiger partial charge is 0.159 e. The van der Waals surface area contributed by atoms with Crippen LogP contribution < -0.4 is 10.8 Å². The van der Waals surface area contributed by atoms with Crippen LogP contribution in [0.4, 0.5) is 5.69 Å². The lowest BCUT2D eigenvalue weighted by Crippen LogP contribution is -2.42. The van der Waals surface area contributed by atoms with Crippen molar-refractivity contribution in [2.24, 2.45) is 0 Å². The molecule has 4 heterocycles. The van der Waals surface area contributed by atoms with Crippen molar-refractivity contribution in [1.29, 1.82) is 0 Å². The fourth-order valence-corrected chi connectivity index (χ4v) is 5.39. The molecular weight excluding hydrogens is 388 g/mol. The Kier molecular flexibility index (Phi) is 5.65. The molecule has 1 aliphatic carbocycles. The molecule has 0 atom stereocenters. The van der Waals surface area contributed by atoms with E-state index in [1.807, 2.05) is 17.1 Å². The van der Waals surface area contributed by atoms with Crippen LogP contribution in [0.5, 0.6) is 0 Å². The van der Waals surface area contributed by atoms with E-state index in [2.05, 4.69) is 47.6 Å². The second-order valence-electron chi connectivity index (χ2n) is 9.68. The van der Waals surface area contributed by atoms with Crippen LogP contribution in [0, 0.1) is 0 Å². The molecule has 7 heteroatoms. The van der Waals surface area contributed by atoms with Gasteiger partial charge >= 0.3 is 0 Å². The fraction of sp³-hybridized carbons (Fsp3) is 0.667. The average molecular weight is 425 g/mol. The van der Waals surface area contributed by atoms with Crippen molar-refractivity contribution in [1.82, 2.24) is 25.1 Å². The van der Waals surface area contributed by atoms with Gasteiger partial charge in [-0.25, -0.2) is 9.67 Å². The molecule has 7 nitrogen and oxygen atoms in total. The Hall–Kier alpha value is -2.12. The molecule has 3 aliphatic rings. The first-order valence-corrected chi connectivity index (χ1v) is 12.1. The van der Waals surface area contributed by atoms with Crippen LogP contribution >= 0.6 is 0 Å². The number of hydroxylamine groups is 1. The molecule has 2 N–H and O–H groups in total. The Balaban J connectivity index is 1.48. The van der Waals surface area contributed by atoms with Crippen LogP contribution in [-0.2, 0) is 11.4 Å². The summed E-state index contributed by atoms with van der Waals surface area (Å²) in [6, 6.07) is 1.07. The second kappa shape index (κ2) is 8.43. The van der Waals surface area contributed by atoms with Crippen LogP contribution in [0.1, 0.15) is 71.3 Å². The Labute approximate surface area is 185 Å². The molecular formula is C24H36N6O. The summed E-state index contributed by atoms with van der Waals surface area (Å²) in [4.78, 5) is 13.5. The SMILES string of the molecule is CCn1ncc2c(NC3CCN(C(C)C)CC3)c(C3=CC4(CCCCC4)ON3)cnc21. The van der Waals surface area contributed by atoms with E-state index in [9.17, 15) is 0 Å². The van der Waals surface area contributed by atoms with E-state index in [-0.39, 0.29) is 5.60 Å². The predicted octanol–water partition coefficient (Wildman–Crippen LogP) is 4.31. The molecule has 0 unspecified atom stereocenters. The number of piperidine rings is 1. The molecule has 2 aliphatic heterocycles. The first kappa shape index (κ1) is 20.8. The second-order valence-corrected chi connectivity index (χ2v) is 9.68. The van der Waals surface area contributed by atoms with Crippen molar-refractivity contribution < 1.29 is 4.84 Å². The average Bonchev–Trinajstić information content (AvgIpc) is 3.39. The van der Waals surface area contributed by atoms with Gasteiger partial charge in [-0.05, 0) is 52.5 Å². The van der Waals surface area contributed by atoms with Gasteiger partial charge in [0.1, 0.15) is 5.60 Å². The van der Waals surface area contributed by atoms with Crippen LogP contribution in [-0.4, -0.2) is 50.4 Å². The zero-order valence-electron chi connectivity index (χ0n) is 19.2. The summed E-state index contributed by atoms with van der Waals surface area (Å²) >= 11 is 0. The van der Waals surface area contributed by atoms with Crippen molar-refractivity contribution >= 4 is 22.4 Å². The van der Waals surface area contributed by atoms with Gasteiger partial charge in [-0.3, -0.25) is 10.3 Å². The third kappa shape index (κ3) is 3.94. The maximum absolute atomic E-state index is 6.15. The largest absolute Gasteiger partial charge is 0.381 e. The molecule has 0 aromatic carbocycles. The Morgan fingerprint density at radius 1 is 1.19 bits per heavy atom. The van der Waals surface area contributed by atoms with Crippen LogP contribution in [0.15, 0.2) is 18.5 Å². The van der Waals surface area contributed by atoms with Crippen molar-refractivity contribution in [2.75, 3.05) is 18.4 Å². The van der Waals surface area contributed by atoms with Crippen LogP contribution in [0.25, 0.3) is 16.7 Å². The highest BCUT2D eigenvalue weighted by molar-refractivity contribution is 5.95. The third-order valence-corrected chi connectivity index (χ3v) is 7.34. The molecule has 0 amide bonds. The lowest BCUT2D eigenvalue weighted by Gasteiger charge is -2.35. The number of anilines is 1. The normalized spacial score (nSPS) is 22.3.